The first-order valence-corrected chi connectivity index (χ1v) is 9.84. The molecule has 3 aromatic rings. The van der Waals surface area contributed by atoms with E-state index in [9.17, 15) is 0 Å². The highest BCUT2D eigenvalue weighted by molar-refractivity contribution is 7.80. The molecule has 0 radical (unpaired) electrons. The normalized spacial score (nSPS) is 12.4. The summed E-state index contributed by atoms with van der Waals surface area (Å²) in [5.41, 5.74) is 1.93. The van der Waals surface area contributed by atoms with Gasteiger partial charge in [-0.1, -0.05) is 36.4 Å². The van der Waals surface area contributed by atoms with Crippen LogP contribution in [0.2, 0.25) is 0 Å². The molecule has 4 nitrogen and oxygen atoms in total. The molecule has 2 aromatic carbocycles. The average molecular weight is 373 g/mol. The smallest absolute Gasteiger partial charge is 0.209 e. The molecule has 1 heterocycles. The molecular formula is C17H16N4S3. The Morgan fingerprint density at radius 3 is 2.12 bits per heavy atom. The first kappa shape index (κ1) is 16.8. The molecule has 0 fully saturated rings. The van der Waals surface area contributed by atoms with Crippen LogP contribution >= 0.6 is 32.9 Å². The van der Waals surface area contributed by atoms with Gasteiger partial charge in [-0.3, -0.25) is 4.57 Å². The molecule has 1 aromatic heterocycles. The first-order chi connectivity index (χ1) is 11.6. The van der Waals surface area contributed by atoms with E-state index in [2.05, 4.69) is 4.99 Å². The van der Waals surface area contributed by atoms with Crippen LogP contribution in [0, 0.1) is 0 Å². The molecule has 0 aliphatic heterocycles. The Labute approximate surface area is 153 Å². The van der Waals surface area contributed by atoms with Crippen LogP contribution in [-0.2, 0) is 0 Å². The second-order valence-corrected chi connectivity index (χ2v) is 7.57. The molecule has 0 aliphatic carbocycles. The van der Waals surface area contributed by atoms with Crippen molar-refractivity contribution in [2.45, 2.75) is 0 Å². The lowest BCUT2D eigenvalue weighted by atomic mass is 10.3. The average Bonchev–Trinajstić information content (AvgIpc) is 2.98. The van der Waals surface area contributed by atoms with E-state index in [4.69, 9.17) is 17.2 Å². The van der Waals surface area contributed by atoms with Crippen molar-refractivity contribution in [1.29, 1.82) is 0 Å². The summed E-state index contributed by atoms with van der Waals surface area (Å²) in [4.78, 5) is 12.9. The van der Waals surface area contributed by atoms with E-state index in [1.165, 1.54) is 0 Å². The standard InChI is InChI=1S/C17H16N4S3/c1-20(2)15(22)19-17-21(14-11-7-4-8-12-14)16(23-24-17)18-13-9-5-3-6-10-13/h3-12H,1-2H3/b18-16?,19-17-. The summed E-state index contributed by atoms with van der Waals surface area (Å²) in [5, 5.41) is 0.542. The summed E-state index contributed by atoms with van der Waals surface area (Å²) in [7, 11) is 6.94. The zero-order chi connectivity index (χ0) is 16.9. The molecule has 0 atom stereocenters. The summed E-state index contributed by atoms with van der Waals surface area (Å²) in [6, 6.07) is 20.0. The Balaban J connectivity index is 2.23. The van der Waals surface area contributed by atoms with Gasteiger partial charge in [0.2, 0.25) is 9.60 Å². The Hall–Kier alpha value is -2.09. The van der Waals surface area contributed by atoms with Crippen LogP contribution in [0.1, 0.15) is 0 Å². The van der Waals surface area contributed by atoms with E-state index >= 15 is 0 Å². The molecule has 0 unspecified atom stereocenters. The number of rotatable bonds is 2. The van der Waals surface area contributed by atoms with Crippen molar-refractivity contribution in [3.05, 3.63) is 70.3 Å². The van der Waals surface area contributed by atoms with E-state index in [1.807, 2.05) is 84.2 Å². The highest BCUT2D eigenvalue weighted by Gasteiger charge is 2.06. The Bertz CT molecular complexity index is 951. The summed E-state index contributed by atoms with van der Waals surface area (Å²) < 4.78 is 2.04. The highest BCUT2D eigenvalue weighted by Crippen LogP contribution is 2.11. The zero-order valence-electron chi connectivity index (χ0n) is 13.3. The summed E-state index contributed by atoms with van der Waals surface area (Å²) >= 11 is 5.34. The van der Waals surface area contributed by atoms with Crippen molar-refractivity contribution >= 4 is 43.7 Å². The minimum atomic E-state index is 0.542. The van der Waals surface area contributed by atoms with Crippen LogP contribution in [0.15, 0.2) is 70.6 Å². The molecule has 0 saturated carbocycles. The number of nitrogens with zero attached hydrogens (tertiary/aromatic N) is 4. The third kappa shape index (κ3) is 3.87. The Kier molecular flexibility index (Phi) is 5.34. The van der Waals surface area contributed by atoms with Crippen LogP contribution in [0.4, 0.5) is 5.69 Å². The molecule has 3 rings (SSSR count). The number of thiocarbonyl (C=S) groups is 1. The summed E-state index contributed by atoms with van der Waals surface area (Å²) in [6.45, 7) is 0. The van der Waals surface area contributed by atoms with Gasteiger partial charge in [0.05, 0.1) is 11.4 Å². The van der Waals surface area contributed by atoms with E-state index in [-0.39, 0.29) is 0 Å². The second kappa shape index (κ2) is 7.65. The van der Waals surface area contributed by atoms with Gasteiger partial charge < -0.3 is 4.90 Å². The molecule has 0 amide bonds. The lowest BCUT2D eigenvalue weighted by Crippen LogP contribution is -2.27. The molecule has 122 valence electrons. The Morgan fingerprint density at radius 2 is 1.50 bits per heavy atom. The molecular weight excluding hydrogens is 356 g/mol. The summed E-state index contributed by atoms with van der Waals surface area (Å²) in [6.07, 6.45) is 0. The fraction of sp³-hybridized carbons (Fsp3) is 0.118. The minimum absolute atomic E-state index is 0.542. The molecule has 24 heavy (non-hydrogen) atoms. The third-order valence-corrected chi connectivity index (χ3v) is 5.67. The number of para-hydroxylation sites is 2. The second-order valence-electron chi connectivity index (χ2n) is 5.14. The maximum absolute atomic E-state index is 5.34. The van der Waals surface area contributed by atoms with Crippen molar-refractivity contribution in [3.63, 3.8) is 0 Å². The molecule has 7 heteroatoms. The lowest BCUT2D eigenvalue weighted by Gasteiger charge is -2.08. The number of aromatic nitrogens is 1. The van der Waals surface area contributed by atoms with Gasteiger partial charge in [0.1, 0.15) is 0 Å². The summed E-state index contributed by atoms with van der Waals surface area (Å²) in [5.74, 6) is 0. The number of hydrogen-bond donors (Lipinski definition) is 0. The van der Waals surface area contributed by atoms with Crippen molar-refractivity contribution in [2.24, 2.45) is 9.98 Å². The molecule has 0 aliphatic rings. The fourth-order valence-corrected chi connectivity index (χ4v) is 4.23. The zero-order valence-corrected chi connectivity index (χ0v) is 15.7. The number of hydrogen-bond acceptors (Lipinski definition) is 4. The minimum Gasteiger partial charge on any atom is -0.353 e. The third-order valence-electron chi connectivity index (χ3n) is 3.14. The van der Waals surface area contributed by atoms with Crippen LogP contribution < -0.4 is 9.60 Å². The van der Waals surface area contributed by atoms with Gasteiger partial charge in [-0.25, -0.2) is 4.99 Å². The van der Waals surface area contributed by atoms with Gasteiger partial charge in [-0.2, -0.15) is 4.99 Å². The van der Waals surface area contributed by atoms with Crippen LogP contribution in [0.25, 0.3) is 5.69 Å². The highest BCUT2D eigenvalue weighted by atomic mass is 32.9. The van der Waals surface area contributed by atoms with E-state index in [1.54, 1.807) is 20.7 Å². The number of benzene rings is 2. The predicted molar refractivity (Wildman–Crippen MR) is 105 cm³/mol. The van der Waals surface area contributed by atoms with E-state index in [0.29, 0.717) is 5.11 Å². The van der Waals surface area contributed by atoms with Gasteiger partial charge in [-0.15, -0.1) is 0 Å². The first-order valence-electron chi connectivity index (χ1n) is 7.28. The molecule has 0 saturated heterocycles. The Morgan fingerprint density at radius 1 is 0.917 bits per heavy atom. The molecule has 0 bridgehead atoms. The topological polar surface area (TPSA) is 32.9 Å². The SMILES string of the molecule is CN(C)C(=S)/N=c1\ssc(=Nc2ccccc2)n1-c1ccccc1. The van der Waals surface area contributed by atoms with E-state index in [0.717, 1.165) is 21.0 Å². The van der Waals surface area contributed by atoms with Crippen molar-refractivity contribution in [2.75, 3.05) is 14.1 Å². The quantitative estimate of drug-likeness (QED) is 0.509. The monoisotopic (exact) mass is 372 g/mol. The maximum atomic E-state index is 5.34. The van der Waals surface area contributed by atoms with Crippen LogP contribution in [-0.4, -0.2) is 28.7 Å². The molecule has 0 N–H and O–H groups in total. The van der Waals surface area contributed by atoms with Crippen molar-refractivity contribution < 1.29 is 0 Å². The molecule has 0 spiro atoms. The predicted octanol–water partition coefficient (Wildman–Crippen LogP) is 3.58. The van der Waals surface area contributed by atoms with Gasteiger partial charge in [0.25, 0.3) is 0 Å². The van der Waals surface area contributed by atoms with Gasteiger partial charge in [0.15, 0.2) is 5.11 Å². The van der Waals surface area contributed by atoms with Crippen LogP contribution in [0.3, 0.4) is 0 Å². The van der Waals surface area contributed by atoms with Gasteiger partial charge >= 0.3 is 0 Å². The fourth-order valence-electron chi connectivity index (χ4n) is 1.96. The lowest BCUT2D eigenvalue weighted by molar-refractivity contribution is 0.625. The van der Waals surface area contributed by atoms with Crippen molar-refractivity contribution in [1.82, 2.24) is 9.47 Å². The van der Waals surface area contributed by atoms with Gasteiger partial charge in [0, 0.05) is 14.1 Å². The maximum Gasteiger partial charge on any atom is 0.209 e. The largest absolute Gasteiger partial charge is 0.353 e. The van der Waals surface area contributed by atoms with Crippen molar-refractivity contribution in [3.8, 4) is 5.69 Å². The van der Waals surface area contributed by atoms with Gasteiger partial charge in [-0.05, 0) is 57.2 Å². The van der Waals surface area contributed by atoms with E-state index < -0.39 is 0 Å². The van der Waals surface area contributed by atoms with Crippen LogP contribution in [0.5, 0.6) is 0 Å².